The summed E-state index contributed by atoms with van der Waals surface area (Å²) in [5, 5.41) is 13.8. The predicted octanol–water partition coefficient (Wildman–Crippen LogP) is -0.560. The zero-order valence-electron chi connectivity index (χ0n) is 10.9. The largest absolute Gasteiger partial charge is 0.480 e. The van der Waals surface area contributed by atoms with Gasteiger partial charge in [0.1, 0.15) is 12.1 Å². The Morgan fingerprint density at radius 3 is 2.65 bits per heavy atom. The highest BCUT2D eigenvalue weighted by molar-refractivity contribution is 6.01. The van der Waals surface area contributed by atoms with Gasteiger partial charge in [-0.2, -0.15) is 0 Å². The Labute approximate surface area is 115 Å². The van der Waals surface area contributed by atoms with Gasteiger partial charge in [0, 0.05) is 13.0 Å². The molecule has 0 aromatic carbocycles. The van der Waals surface area contributed by atoms with Crippen LogP contribution in [0.4, 0.5) is 4.79 Å². The molecule has 2 rings (SSSR count). The maximum atomic E-state index is 12.1. The van der Waals surface area contributed by atoms with Crippen LogP contribution in [-0.2, 0) is 14.4 Å². The zero-order chi connectivity index (χ0) is 14.7. The number of aliphatic carboxylic acids is 1. The van der Waals surface area contributed by atoms with Crippen molar-refractivity contribution in [1.29, 1.82) is 0 Å². The molecule has 2 heterocycles. The number of hydrogen-bond donors (Lipinski definition) is 3. The summed E-state index contributed by atoms with van der Waals surface area (Å²) in [5.41, 5.74) is 0. The lowest BCUT2D eigenvalue weighted by Crippen LogP contribution is -2.58. The van der Waals surface area contributed by atoms with E-state index in [2.05, 4.69) is 10.6 Å². The molecule has 0 aromatic rings. The van der Waals surface area contributed by atoms with Crippen LogP contribution in [0.15, 0.2) is 0 Å². The van der Waals surface area contributed by atoms with Gasteiger partial charge in [-0.1, -0.05) is 0 Å². The van der Waals surface area contributed by atoms with Crippen molar-refractivity contribution in [3.63, 3.8) is 0 Å². The Morgan fingerprint density at radius 1 is 1.25 bits per heavy atom. The predicted molar refractivity (Wildman–Crippen MR) is 66.7 cm³/mol. The van der Waals surface area contributed by atoms with Crippen LogP contribution in [0.2, 0.25) is 0 Å². The molecule has 4 amide bonds. The molecule has 8 nitrogen and oxygen atoms in total. The second-order valence-corrected chi connectivity index (χ2v) is 5.00. The molecular formula is C12H17N3O5. The summed E-state index contributed by atoms with van der Waals surface area (Å²) in [6.07, 6.45) is 2.32. The van der Waals surface area contributed by atoms with E-state index in [0.717, 1.165) is 12.8 Å². The molecule has 2 aliphatic heterocycles. The van der Waals surface area contributed by atoms with Crippen molar-refractivity contribution in [2.24, 2.45) is 0 Å². The highest BCUT2D eigenvalue weighted by atomic mass is 16.4. The second kappa shape index (κ2) is 5.89. The van der Waals surface area contributed by atoms with Crippen molar-refractivity contribution in [2.75, 3.05) is 6.54 Å². The smallest absolute Gasteiger partial charge is 0.326 e. The fraction of sp³-hybridized carbons (Fsp3) is 0.667. The molecule has 2 fully saturated rings. The third kappa shape index (κ3) is 3.06. The molecule has 0 radical (unpaired) electrons. The number of carboxylic acid groups (broad SMARTS) is 1. The molecule has 8 heteroatoms. The minimum Gasteiger partial charge on any atom is -0.480 e. The Kier molecular flexibility index (Phi) is 4.21. The fourth-order valence-electron chi connectivity index (χ4n) is 2.49. The first-order valence-electron chi connectivity index (χ1n) is 6.62. The lowest BCUT2D eigenvalue weighted by Gasteiger charge is -2.34. The minimum atomic E-state index is -1.04. The van der Waals surface area contributed by atoms with Crippen molar-refractivity contribution in [3.05, 3.63) is 0 Å². The average Bonchev–Trinajstić information content (AvgIpc) is 2.41. The molecule has 20 heavy (non-hydrogen) atoms. The maximum absolute atomic E-state index is 12.1. The highest BCUT2D eigenvalue weighted by Crippen LogP contribution is 2.17. The van der Waals surface area contributed by atoms with Gasteiger partial charge in [0.05, 0.1) is 0 Å². The number of likely N-dealkylation sites (tertiary alicyclic amines) is 1. The van der Waals surface area contributed by atoms with Gasteiger partial charge < -0.3 is 15.3 Å². The molecule has 0 aromatic heterocycles. The summed E-state index contributed by atoms with van der Waals surface area (Å²) in [5.74, 6) is -1.94. The van der Waals surface area contributed by atoms with Crippen LogP contribution in [0.5, 0.6) is 0 Å². The van der Waals surface area contributed by atoms with E-state index in [1.165, 1.54) is 4.90 Å². The van der Waals surface area contributed by atoms with E-state index in [9.17, 15) is 19.2 Å². The summed E-state index contributed by atoms with van der Waals surface area (Å²) in [6, 6.07) is -2.19. The lowest BCUT2D eigenvalue weighted by atomic mass is 10.0. The number of urea groups is 1. The summed E-state index contributed by atoms with van der Waals surface area (Å²) < 4.78 is 0. The standard InChI is InChI=1S/C12H17N3O5/c16-9-5-4-7(10(17)14-9)13-12(20)15-6-2-1-3-8(15)11(18)19/h7-8H,1-6H2,(H,13,20)(H,18,19)(H,14,16,17). The Bertz CT molecular complexity index is 450. The van der Waals surface area contributed by atoms with Gasteiger partial charge in [-0.25, -0.2) is 9.59 Å². The van der Waals surface area contributed by atoms with Gasteiger partial charge in [0.2, 0.25) is 11.8 Å². The number of piperidine rings is 2. The summed E-state index contributed by atoms with van der Waals surface area (Å²) in [4.78, 5) is 47.0. The van der Waals surface area contributed by atoms with E-state index in [1.54, 1.807) is 0 Å². The van der Waals surface area contributed by atoms with Gasteiger partial charge in [0.25, 0.3) is 0 Å². The molecule has 3 N–H and O–H groups in total. The van der Waals surface area contributed by atoms with Gasteiger partial charge in [0.15, 0.2) is 0 Å². The van der Waals surface area contributed by atoms with E-state index >= 15 is 0 Å². The maximum Gasteiger partial charge on any atom is 0.326 e. The molecule has 0 aliphatic carbocycles. The molecule has 0 bridgehead atoms. The first-order valence-corrected chi connectivity index (χ1v) is 6.62. The van der Waals surface area contributed by atoms with Crippen molar-refractivity contribution in [1.82, 2.24) is 15.5 Å². The van der Waals surface area contributed by atoms with Crippen LogP contribution >= 0.6 is 0 Å². The quantitative estimate of drug-likeness (QED) is 0.587. The first kappa shape index (κ1) is 14.3. The van der Waals surface area contributed by atoms with Crippen LogP contribution in [-0.4, -0.2) is 52.4 Å². The summed E-state index contributed by atoms with van der Waals surface area (Å²) in [6.45, 7) is 0.357. The number of amides is 4. The first-order chi connectivity index (χ1) is 9.49. The number of carboxylic acids is 1. The Hall–Kier alpha value is -2.12. The van der Waals surface area contributed by atoms with E-state index < -0.39 is 30.0 Å². The Balaban J connectivity index is 1.98. The van der Waals surface area contributed by atoms with Crippen molar-refractivity contribution in [3.8, 4) is 0 Å². The van der Waals surface area contributed by atoms with E-state index in [4.69, 9.17) is 5.11 Å². The van der Waals surface area contributed by atoms with Crippen LogP contribution < -0.4 is 10.6 Å². The lowest BCUT2D eigenvalue weighted by molar-refractivity contribution is -0.143. The van der Waals surface area contributed by atoms with Crippen molar-refractivity contribution >= 4 is 23.8 Å². The zero-order valence-corrected chi connectivity index (χ0v) is 10.9. The molecule has 2 saturated heterocycles. The number of carbonyl (C=O) groups excluding carboxylic acids is 3. The molecule has 0 saturated carbocycles. The number of carbonyl (C=O) groups is 4. The molecule has 2 atom stereocenters. The van der Waals surface area contributed by atoms with E-state index in [1.807, 2.05) is 0 Å². The van der Waals surface area contributed by atoms with E-state index in [-0.39, 0.29) is 18.7 Å². The van der Waals surface area contributed by atoms with Gasteiger partial charge in [-0.3, -0.25) is 14.9 Å². The molecule has 110 valence electrons. The molecule has 2 aliphatic rings. The van der Waals surface area contributed by atoms with Crippen LogP contribution in [0, 0.1) is 0 Å². The Morgan fingerprint density at radius 2 is 2.00 bits per heavy atom. The highest BCUT2D eigenvalue weighted by Gasteiger charge is 2.35. The number of hydrogen-bond acceptors (Lipinski definition) is 4. The fourth-order valence-corrected chi connectivity index (χ4v) is 2.49. The minimum absolute atomic E-state index is 0.166. The van der Waals surface area contributed by atoms with Gasteiger partial charge in [-0.15, -0.1) is 0 Å². The SMILES string of the molecule is O=C1CCC(NC(=O)N2CCCCC2C(=O)O)C(=O)N1. The third-order valence-corrected chi connectivity index (χ3v) is 3.59. The van der Waals surface area contributed by atoms with Crippen LogP contribution in [0.3, 0.4) is 0 Å². The van der Waals surface area contributed by atoms with Crippen molar-refractivity contribution < 1.29 is 24.3 Å². The summed E-state index contributed by atoms with van der Waals surface area (Å²) >= 11 is 0. The molecule has 2 unspecified atom stereocenters. The molecule has 0 spiro atoms. The van der Waals surface area contributed by atoms with Crippen LogP contribution in [0.25, 0.3) is 0 Å². The normalized spacial score (nSPS) is 26.9. The van der Waals surface area contributed by atoms with Crippen LogP contribution in [0.1, 0.15) is 32.1 Å². The van der Waals surface area contributed by atoms with E-state index in [0.29, 0.717) is 13.0 Å². The summed E-state index contributed by atoms with van der Waals surface area (Å²) in [7, 11) is 0. The van der Waals surface area contributed by atoms with Gasteiger partial charge in [-0.05, 0) is 25.7 Å². The number of rotatable bonds is 2. The van der Waals surface area contributed by atoms with Crippen molar-refractivity contribution in [2.45, 2.75) is 44.2 Å². The second-order valence-electron chi connectivity index (χ2n) is 5.00. The number of nitrogens with zero attached hydrogens (tertiary/aromatic N) is 1. The topological polar surface area (TPSA) is 116 Å². The third-order valence-electron chi connectivity index (χ3n) is 3.59. The number of imide groups is 1. The molecular weight excluding hydrogens is 266 g/mol. The average molecular weight is 283 g/mol. The van der Waals surface area contributed by atoms with Gasteiger partial charge >= 0.3 is 12.0 Å². The monoisotopic (exact) mass is 283 g/mol. The number of nitrogens with one attached hydrogen (secondary N) is 2.